The topological polar surface area (TPSA) is 46.5 Å². The summed E-state index contributed by atoms with van der Waals surface area (Å²) in [5, 5.41) is 16.1. The maximum absolute atomic E-state index is 11.5. The van der Waals surface area contributed by atoms with Gasteiger partial charge in [0.2, 0.25) is 0 Å². The van der Waals surface area contributed by atoms with Crippen molar-refractivity contribution in [1.82, 2.24) is 14.1 Å². The first kappa shape index (κ1) is 35.2. The van der Waals surface area contributed by atoms with E-state index in [2.05, 4.69) is 195 Å². The number of benzene rings is 7. The molecule has 58 heavy (non-hydrogen) atoms. The highest BCUT2D eigenvalue weighted by atomic mass is 15.0. The van der Waals surface area contributed by atoms with Gasteiger partial charge in [-0.05, 0) is 146 Å². The first-order chi connectivity index (χ1) is 28.2. The van der Waals surface area contributed by atoms with Crippen molar-refractivity contribution in [3.05, 3.63) is 185 Å². The van der Waals surface area contributed by atoms with E-state index in [-0.39, 0.29) is 0 Å². The number of rotatable bonds is 5. The molecule has 0 aliphatic rings. The molecule has 0 radical (unpaired) electrons. The number of nitriles is 1. The molecule has 0 N–H and O–H groups in total. The average Bonchev–Trinajstić information content (AvgIpc) is 3.72. The predicted molar refractivity (Wildman–Crippen MR) is 242 cm³/mol. The van der Waals surface area contributed by atoms with Crippen molar-refractivity contribution < 1.29 is 0 Å². The third kappa shape index (κ3) is 5.46. The Balaban J connectivity index is 1.33. The van der Waals surface area contributed by atoms with E-state index in [1.165, 1.54) is 44.5 Å². The minimum atomic E-state index is 0.601. The summed E-state index contributed by atoms with van der Waals surface area (Å²) in [6.07, 6.45) is 3.68. The first-order valence-corrected chi connectivity index (χ1v) is 19.9. The van der Waals surface area contributed by atoms with Gasteiger partial charge in [-0.15, -0.1) is 0 Å². The first-order valence-electron chi connectivity index (χ1n) is 19.9. The lowest BCUT2D eigenvalue weighted by Crippen LogP contribution is -2.05. The zero-order valence-electron chi connectivity index (χ0n) is 33.6. The molecule has 0 saturated heterocycles. The van der Waals surface area contributed by atoms with Crippen LogP contribution in [0.25, 0.3) is 88.4 Å². The predicted octanol–water partition coefficient (Wildman–Crippen LogP) is 14.0. The number of pyridine rings is 1. The van der Waals surface area contributed by atoms with Crippen LogP contribution in [0.1, 0.15) is 38.9 Å². The number of hydrogen-bond acceptors (Lipinski definition) is 2. The number of nitrogens with zero attached hydrogens (tertiary/aromatic N) is 4. The van der Waals surface area contributed by atoms with Crippen LogP contribution in [0.4, 0.5) is 0 Å². The van der Waals surface area contributed by atoms with Gasteiger partial charge in [0.05, 0.1) is 33.4 Å². The Hall–Kier alpha value is -7.22. The highest BCUT2D eigenvalue weighted by Crippen LogP contribution is 2.42. The lowest BCUT2D eigenvalue weighted by molar-refractivity contribution is 1.12. The summed E-state index contributed by atoms with van der Waals surface area (Å²) in [5.74, 6) is 0. The number of hydrogen-bond donors (Lipinski definition) is 0. The van der Waals surface area contributed by atoms with Crippen molar-refractivity contribution in [2.75, 3.05) is 0 Å². The summed E-state index contributed by atoms with van der Waals surface area (Å²) in [6, 6.07) is 51.1. The molecule has 7 aromatic carbocycles. The van der Waals surface area contributed by atoms with Crippen molar-refractivity contribution in [3.8, 4) is 50.8 Å². The molecule has 0 amide bonds. The minimum absolute atomic E-state index is 0.601. The number of aromatic nitrogens is 3. The van der Waals surface area contributed by atoms with E-state index < -0.39 is 0 Å². The number of fused-ring (bicyclic) bond motifs is 6. The minimum Gasteiger partial charge on any atom is -0.308 e. The van der Waals surface area contributed by atoms with Gasteiger partial charge in [-0.2, -0.15) is 5.26 Å². The second-order valence-electron chi connectivity index (χ2n) is 16.0. The zero-order valence-corrected chi connectivity index (χ0v) is 33.6. The maximum atomic E-state index is 11.5. The maximum Gasteiger partial charge on any atom is 0.104 e. The largest absolute Gasteiger partial charge is 0.308 e. The van der Waals surface area contributed by atoms with Crippen molar-refractivity contribution >= 4 is 43.6 Å². The van der Waals surface area contributed by atoms with Crippen LogP contribution in [0.3, 0.4) is 0 Å². The third-order valence-corrected chi connectivity index (χ3v) is 12.0. The molecule has 0 saturated carbocycles. The van der Waals surface area contributed by atoms with Gasteiger partial charge in [0.25, 0.3) is 0 Å². The lowest BCUT2D eigenvalue weighted by Gasteiger charge is -2.19. The van der Waals surface area contributed by atoms with Crippen LogP contribution in [0.15, 0.2) is 146 Å². The van der Waals surface area contributed by atoms with Gasteiger partial charge in [-0.3, -0.25) is 4.98 Å². The molecule has 3 aromatic heterocycles. The SMILES string of the molecule is Cc1cc(C)c(-c2ccc3c4ccccc4n(-c4cc(-c5ccncc5)cc(-n5c6ccccc6c6ccc(-c7c(C)cc(C)cc7C)cc65)c4C#N)c3c2)c(C)c1. The zero-order chi connectivity index (χ0) is 39.8. The van der Waals surface area contributed by atoms with Gasteiger partial charge in [0, 0.05) is 33.9 Å². The highest BCUT2D eigenvalue weighted by molar-refractivity contribution is 6.12. The fourth-order valence-electron chi connectivity index (χ4n) is 9.83. The van der Waals surface area contributed by atoms with Crippen molar-refractivity contribution in [2.45, 2.75) is 41.5 Å². The van der Waals surface area contributed by atoms with Crippen LogP contribution in [0, 0.1) is 52.9 Å². The average molecular weight is 747 g/mol. The Morgan fingerprint density at radius 3 is 1.26 bits per heavy atom. The van der Waals surface area contributed by atoms with E-state index in [1.54, 1.807) is 0 Å². The van der Waals surface area contributed by atoms with Crippen molar-refractivity contribution in [3.63, 3.8) is 0 Å². The standard InChI is InChI=1S/C54H42N4/c1-32-23-34(3)53(35(4)24-32)39-15-17-44-42-11-7-9-13-47(42)57(49(44)27-39)51-29-41(38-19-21-56-22-20-38)30-52(46(51)31-55)58-48-14-10-8-12-43(48)45-18-16-40(28-50(45)58)54-36(5)25-33(2)26-37(54)6/h7-30H,1-6H3. The second kappa shape index (κ2) is 13.5. The molecule has 4 nitrogen and oxygen atoms in total. The molecule has 0 unspecified atom stereocenters. The van der Waals surface area contributed by atoms with Gasteiger partial charge in [0.1, 0.15) is 11.6 Å². The monoisotopic (exact) mass is 746 g/mol. The van der Waals surface area contributed by atoms with E-state index in [9.17, 15) is 5.26 Å². The molecule has 10 rings (SSSR count). The van der Waals surface area contributed by atoms with Crippen LogP contribution >= 0.6 is 0 Å². The second-order valence-corrected chi connectivity index (χ2v) is 16.0. The van der Waals surface area contributed by atoms with E-state index >= 15 is 0 Å². The van der Waals surface area contributed by atoms with Crippen molar-refractivity contribution in [1.29, 1.82) is 5.26 Å². The normalized spacial score (nSPS) is 11.6. The third-order valence-electron chi connectivity index (χ3n) is 12.0. The van der Waals surface area contributed by atoms with Gasteiger partial charge in [-0.25, -0.2) is 0 Å². The van der Waals surface area contributed by atoms with Gasteiger partial charge in [0.15, 0.2) is 0 Å². The summed E-state index contributed by atoms with van der Waals surface area (Å²) in [4.78, 5) is 4.37. The molecular formula is C54H42N4. The van der Waals surface area contributed by atoms with Crippen LogP contribution in [0.5, 0.6) is 0 Å². The molecule has 0 aliphatic heterocycles. The Bertz CT molecular complexity index is 3110. The molecule has 278 valence electrons. The molecule has 0 aliphatic carbocycles. The van der Waals surface area contributed by atoms with Gasteiger partial charge >= 0.3 is 0 Å². The fraction of sp³-hybridized carbons (Fsp3) is 0.111. The molecule has 4 heteroatoms. The highest BCUT2D eigenvalue weighted by Gasteiger charge is 2.23. The molecule has 0 fully saturated rings. The fourth-order valence-corrected chi connectivity index (χ4v) is 9.83. The Labute approximate surface area is 338 Å². The molecular weight excluding hydrogens is 705 g/mol. The van der Waals surface area contributed by atoms with Crippen molar-refractivity contribution in [2.24, 2.45) is 0 Å². The summed E-state index contributed by atoms with van der Waals surface area (Å²) >= 11 is 0. The lowest BCUT2D eigenvalue weighted by atomic mass is 9.93. The molecule has 0 spiro atoms. The number of para-hydroxylation sites is 2. The Morgan fingerprint density at radius 2 is 0.828 bits per heavy atom. The summed E-state index contributed by atoms with van der Waals surface area (Å²) in [5.41, 5.74) is 20.9. The molecule has 0 bridgehead atoms. The summed E-state index contributed by atoms with van der Waals surface area (Å²) in [6.45, 7) is 13.1. The Kier molecular flexibility index (Phi) is 8.18. The van der Waals surface area contributed by atoms with Gasteiger partial charge in [-0.1, -0.05) is 96.1 Å². The molecule has 10 aromatic rings. The van der Waals surface area contributed by atoms with E-state index in [1.807, 2.05) is 12.4 Å². The smallest absolute Gasteiger partial charge is 0.104 e. The van der Waals surface area contributed by atoms with E-state index in [0.29, 0.717) is 5.56 Å². The summed E-state index contributed by atoms with van der Waals surface area (Å²) < 4.78 is 4.64. The molecule has 3 heterocycles. The van der Waals surface area contributed by atoms with E-state index in [0.717, 1.165) is 77.2 Å². The van der Waals surface area contributed by atoms with E-state index in [4.69, 9.17) is 0 Å². The van der Waals surface area contributed by atoms with Crippen LogP contribution in [-0.2, 0) is 0 Å². The quantitative estimate of drug-likeness (QED) is 0.176. The Morgan fingerprint density at radius 1 is 0.414 bits per heavy atom. The number of aryl methyl sites for hydroxylation is 6. The van der Waals surface area contributed by atoms with Crippen LogP contribution < -0.4 is 0 Å². The summed E-state index contributed by atoms with van der Waals surface area (Å²) in [7, 11) is 0. The van der Waals surface area contributed by atoms with Gasteiger partial charge < -0.3 is 9.13 Å². The molecule has 0 atom stereocenters. The van der Waals surface area contributed by atoms with Crippen LogP contribution in [-0.4, -0.2) is 14.1 Å². The van der Waals surface area contributed by atoms with Crippen LogP contribution in [0.2, 0.25) is 0 Å².